The van der Waals surface area contributed by atoms with E-state index in [1.807, 2.05) is 23.3 Å². The van der Waals surface area contributed by atoms with E-state index in [0.717, 1.165) is 44.7 Å². The summed E-state index contributed by atoms with van der Waals surface area (Å²) in [4.78, 5) is 16.6. The van der Waals surface area contributed by atoms with Crippen LogP contribution in [0.25, 0.3) is 0 Å². The number of aliphatic hydroxyl groups is 1. The van der Waals surface area contributed by atoms with Gasteiger partial charge in [0.2, 0.25) is 5.91 Å². The third-order valence-electron chi connectivity index (χ3n) is 6.62. The molecule has 2 heterocycles. The number of hydrogen-bond donors (Lipinski definition) is 1. The van der Waals surface area contributed by atoms with Crippen LogP contribution in [0.3, 0.4) is 0 Å². The summed E-state index contributed by atoms with van der Waals surface area (Å²) >= 11 is 8.24. The number of nitrogens with zero attached hydrogens (tertiary/aromatic N) is 2. The molecule has 4 rings (SSSR count). The Labute approximate surface area is 182 Å². The molecule has 1 saturated carbocycles. The monoisotopic (exact) mass is 438 g/mol. The second kappa shape index (κ2) is 9.46. The number of carbonyl (C=O) groups excluding carboxylic acids is 1. The van der Waals surface area contributed by atoms with Gasteiger partial charge < -0.3 is 14.7 Å². The van der Waals surface area contributed by atoms with Gasteiger partial charge in [-0.2, -0.15) is 11.8 Å². The van der Waals surface area contributed by atoms with Crippen LogP contribution in [-0.2, 0) is 11.3 Å². The number of carbonyl (C=O) groups is 1. The number of fused-ring (bicyclic) bond motifs is 1. The maximum atomic E-state index is 12.3. The van der Waals surface area contributed by atoms with Gasteiger partial charge in [0, 0.05) is 19.6 Å². The zero-order valence-electron chi connectivity index (χ0n) is 17.1. The molecule has 0 bridgehead atoms. The highest BCUT2D eigenvalue weighted by Crippen LogP contribution is 2.39. The van der Waals surface area contributed by atoms with E-state index < -0.39 is 6.10 Å². The minimum Gasteiger partial charge on any atom is -0.486 e. The predicted octanol–water partition coefficient (Wildman–Crippen LogP) is 3.28. The third-order valence-corrected chi connectivity index (χ3v) is 7.58. The number of amides is 1. The Morgan fingerprint density at radius 1 is 1.24 bits per heavy atom. The lowest BCUT2D eigenvalue weighted by Gasteiger charge is -2.35. The highest BCUT2D eigenvalue weighted by Gasteiger charge is 2.43. The molecule has 1 N–H and O–H groups in total. The van der Waals surface area contributed by atoms with Crippen molar-refractivity contribution in [2.24, 2.45) is 11.8 Å². The molecule has 160 valence electrons. The maximum Gasteiger partial charge on any atom is 0.232 e. The van der Waals surface area contributed by atoms with Crippen LogP contribution < -0.4 is 4.74 Å². The standard InChI is InChI=1S/C22H31ClN2O3S/c1-29-14-21(27)25-12-16-9-18(26)20(10-17(16)13-25)28-19-6-4-5-15(22(19)23)11-24-7-2-3-8-24/h4-6,16-18,20,26H,2-3,7-14H2,1H3/t16-,17+,18+,20+/m0/s1. The third kappa shape index (κ3) is 4.87. The van der Waals surface area contributed by atoms with Gasteiger partial charge in [-0.3, -0.25) is 9.69 Å². The predicted molar refractivity (Wildman–Crippen MR) is 118 cm³/mol. The van der Waals surface area contributed by atoms with Crippen molar-refractivity contribution in [2.45, 2.75) is 44.4 Å². The van der Waals surface area contributed by atoms with Gasteiger partial charge >= 0.3 is 0 Å². The van der Waals surface area contributed by atoms with Crippen LogP contribution in [0.15, 0.2) is 18.2 Å². The second-order valence-corrected chi connectivity index (χ2v) is 9.90. The molecule has 29 heavy (non-hydrogen) atoms. The number of rotatable bonds is 6. The van der Waals surface area contributed by atoms with Gasteiger partial charge in [0.15, 0.2) is 0 Å². The van der Waals surface area contributed by atoms with Crippen molar-refractivity contribution in [3.63, 3.8) is 0 Å². The highest BCUT2D eigenvalue weighted by atomic mass is 35.5. The van der Waals surface area contributed by atoms with Crippen LogP contribution in [0.1, 0.15) is 31.2 Å². The number of hydrogen-bond acceptors (Lipinski definition) is 5. The van der Waals surface area contributed by atoms with Crippen LogP contribution >= 0.6 is 23.4 Å². The molecule has 1 aromatic carbocycles. The smallest absolute Gasteiger partial charge is 0.232 e. The Morgan fingerprint density at radius 2 is 1.97 bits per heavy atom. The van der Waals surface area contributed by atoms with Crippen molar-refractivity contribution in [1.29, 1.82) is 0 Å². The quantitative estimate of drug-likeness (QED) is 0.738. The van der Waals surface area contributed by atoms with Gasteiger partial charge in [-0.05, 0) is 68.5 Å². The highest BCUT2D eigenvalue weighted by molar-refractivity contribution is 7.99. The number of ether oxygens (including phenoxy) is 1. The molecular weight excluding hydrogens is 408 g/mol. The molecule has 0 radical (unpaired) electrons. The molecule has 1 aliphatic carbocycles. The van der Waals surface area contributed by atoms with Crippen LogP contribution in [0.2, 0.25) is 5.02 Å². The molecule has 5 nitrogen and oxygen atoms in total. The summed E-state index contributed by atoms with van der Waals surface area (Å²) in [6, 6.07) is 5.95. The minimum atomic E-state index is -0.523. The Morgan fingerprint density at radius 3 is 2.69 bits per heavy atom. The Hall–Kier alpha value is -0.950. The van der Waals surface area contributed by atoms with Crippen molar-refractivity contribution in [3.05, 3.63) is 28.8 Å². The minimum absolute atomic E-state index is 0.205. The van der Waals surface area contributed by atoms with Gasteiger partial charge in [0.25, 0.3) is 0 Å². The lowest BCUT2D eigenvalue weighted by atomic mass is 9.78. The molecule has 3 aliphatic rings. The molecule has 2 aliphatic heterocycles. The number of benzene rings is 1. The largest absolute Gasteiger partial charge is 0.486 e. The molecule has 2 saturated heterocycles. The van der Waals surface area contributed by atoms with Crippen molar-refractivity contribution in [1.82, 2.24) is 9.80 Å². The van der Waals surface area contributed by atoms with Gasteiger partial charge in [-0.15, -0.1) is 0 Å². The van der Waals surface area contributed by atoms with E-state index in [1.165, 1.54) is 12.8 Å². The summed E-state index contributed by atoms with van der Waals surface area (Å²) < 4.78 is 6.25. The normalized spacial score (nSPS) is 29.8. The van der Waals surface area contributed by atoms with Crippen molar-refractivity contribution >= 4 is 29.3 Å². The van der Waals surface area contributed by atoms with Crippen LogP contribution in [0, 0.1) is 11.8 Å². The van der Waals surface area contributed by atoms with E-state index in [2.05, 4.69) is 11.0 Å². The van der Waals surface area contributed by atoms with Gasteiger partial charge in [-0.1, -0.05) is 23.7 Å². The maximum absolute atomic E-state index is 12.3. The van der Waals surface area contributed by atoms with E-state index >= 15 is 0 Å². The van der Waals surface area contributed by atoms with Crippen molar-refractivity contribution < 1.29 is 14.6 Å². The zero-order valence-corrected chi connectivity index (χ0v) is 18.6. The fourth-order valence-corrected chi connectivity index (χ4v) is 5.71. The van der Waals surface area contributed by atoms with Gasteiger partial charge in [-0.25, -0.2) is 0 Å². The van der Waals surface area contributed by atoms with Crippen molar-refractivity contribution in [3.8, 4) is 5.75 Å². The molecular formula is C22H31ClN2O3S. The molecule has 0 unspecified atom stereocenters. The first-order valence-corrected chi connectivity index (χ1v) is 12.4. The summed E-state index contributed by atoms with van der Waals surface area (Å²) in [5.74, 6) is 2.16. The van der Waals surface area contributed by atoms with E-state index in [4.69, 9.17) is 16.3 Å². The second-order valence-electron chi connectivity index (χ2n) is 8.66. The summed E-state index contributed by atoms with van der Waals surface area (Å²) in [7, 11) is 0. The van der Waals surface area contributed by atoms with E-state index in [-0.39, 0.29) is 12.0 Å². The molecule has 4 atom stereocenters. The zero-order chi connectivity index (χ0) is 20.4. The molecule has 3 fully saturated rings. The lowest BCUT2D eigenvalue weighted by molar-refractivity contribution is -0.127. The van der Waals surface area contributed by atoms with E-state index in [1.54, 1.807) is 11.8 Å². The fraction of sp³-hybridized carbons (Fsp3) is 0.682. The average Bonchev–Trinajstić information content (AvgIpc) is 3.35. The summed E-state index contributed by atoms with van der Waals surface area (Å²) in [6.07, 6.45) is 5.11. The van der Waals surface area contributed by atoms with E-state index in [0.29, 0.717) is 34.8 Å². The fourth-order valence-electron chi connectivity index (χ4n) is 5.05. The molecule has 0 aromatic heterocycles. The Balaban J connectivity index is 1.40. The number of likely N-dealkylation sites (tertiary alicyclic amines) is 2. The number of aliphatic hydroxyl groups excluding tert-OH is 1. The molecule has 1 amide bonds. The topological polar surface area (TPSA) is 53.0 Å². The SMILES string of the molecule is CSCC(=O)N1C[C@H]2C[C@@H](Oc3cccc(CN4CCCC4)c3Cl)[C@H](O)C[C@H]2C1. The number of thioether (sulfide) groups is 1. The van der Waals surface area contributed by atoms with Crippen molar-refractivity contribution in [2.75, 3.05) is 38.2 Å². The number of halogens is 1. The van der Waals surface area contributed by atoms with Crippen LogP contribution in [0.4, 0.5) is 0 Å². The average molecular weight is 439 g/mol. The lowest BCUT2D eigenvalue weighted by Crippen LogP contribution is -2.42. The van der Waals surface area contributed by atoms with Gasteiger partial charge in [0.05, 0.1) is 16.9 Å². The first-order chi connectivity index (χ1) is 14.0. The van der Waals surface area contributed by atoms with Gasteiger partial charge in [0.1, 0.15) is 11.9 Å². The van der Waals surface area contributed by atoms with Crippen LogP contribution in [-0.4, -0.2) is 71.2 Å². The first-order valence-electron chi connectivity index (χ1n) is 10.7. The summed E-state index contributed by atoms with van der Waals surface area (Å²) in [5.41, 5.74) is 1.09. The Bertz CT molecular complexity index is 728. The Kier molecular flexibility index (Phi) is 6.94. The summed E-state index contributed by atoms with van der Waals surface area (Å²) in [6.45, 7) is 4.63. The molecule has 7 heteroatoms. The summed E-state index contributed by atoms with van der Waals surface area (Å²) in [5, 5.41) is 11.4. The van der Waals surface area contributed by atoms with Crippen LogP contribution in [0.5, 0.6) is 5.75 Å². The molecule has 0 spiro atoms. The first kappa shape index (κ1) is 21.3. The molecule has 1 aromatic rings. The van der Waals surface area contributed by atoms with E-state index in [9.17, 15) is 9.90 Å².